The van der Waals surface area contributed by atoms with Crippen molar-refractivity contribution in [2.45, 2.75) is 20.8 Å². The lowest BCUT2D eigenvalue weighted by Crippen LogP contribution is -2.27. The fourth-order valence-corrected chi connectivity index (χ4v) is 2.89. The first-order valence-electron chi connectivity index (χ1n) is 9.93. The fourth-order valence-electron chi connectivity index (χ4n) is 2.51. The second-order valence-electron chi connectivity index (χ2n) is 8.03. The van der Waals surface area contributed by atoms with Crippen LogP contribution in [0.5, 0.6) is 5.75 Å². The molecule has 0 saturated carbocycles. The van der Waals surface area contributed by atoms with Gasteiger partial charge in [0, 0.05) is 26.7 Å². The minimum atomic E-state index is -0.653. The van der Waals surface area contributed by atoms with E-state index in [1.54, 1.807) is 48.5 Å². The Hall–Kier alpha value is -3.72. The first-order chi connectivity index (χ1) is 15.6. The van der Waals surface area contributed by atoms with Gasteiger partial charge >= 0.3 is 5.97 Å². The molecule has 0 atom stereocenters. The van der Waals surface area contributed by atoms with E-state index >= 15 is 0 Å². The third-order valence-corrected chi connectivity index (χ3v) is 4.85. The van der Waals surface area contributed by atoms with Crippen molar-refractivity contribution >= 4 is 45.6 Å². The van der Waals surface area contributed by atoms with Crippen LogP contribution in [-0.2, 0) is 4.79 Å². The summed E-state index contributed by atoms with van der Waals surface area (Å²) < 4.78 is 11.1. The molecule has 8 nitrogen and oxygen atoms in total. The zero-order valence-electron chi connectivity index (χ0n) is 18.2. The van der Waals surface area contributed by atoms with Crippen LogP contribution in [0.15, 0.2) is 74.9 Å². The van der Waals surface area contributed by atoms with Gasteiger partial charge in [0.2, 0.25) is 11.7 Å². The summed E-state index contributed by atoms with van der Waals surface area (Å²) in [6, 6.07) is 14.5. The Morgan fingerprint density at radius 3 is 2.42 bits per heavy atom. The summed E-state index contributed by atoms with van der Waals surface area (Å²) in [5.74, 6) is -0.904. The number of hydrogen-bond donors (Lipinski definition) is 2. The van der Waals surface area contributed by atoms with Gasteiger partial charge in [-0.15, -0.1) is 0 Å². The third kappa shape index (κ3) is 6.63. The zero-order chi connectivity index (χ0) is 24.0. The Labute approximate surface area is 199 Å². The minimum absolute atomic E-state index is 0.0660. The number of halogens is 1. The van der Waals surface area contributed by atoms with Crippen molar-refractivity contribution in [3.8, 4) is 5.75 Å². The molecule has 0 spiro atoms. The van der Waals surface area contributed by atoms with Gasteiger partial charge in [0.25, 0.3) is 5.91 Å². The van der Waals surface area contributed by atoms with Crippen LogP contribution in [0.4, 0.5) is 5.69 Å². The number of amides is 2. The lowest BCUT2D eigenvalue weighted by Gasteiger charge is -2.17. The molecule has 0 fully saturated rings. The molecule has 170 valence electrons. The highest BCUT2D eigenvalue weighted by molar-refractivity contribution is 9.10. The molecule has 0 aliphatic carbocycles. The molecule has 1 heterocycles. The highest BCUT2D eigenvalue weighted by Crippen LogP contribution is 2.23. The van der Waals surface area contributed by atoms with Crippen LogP contribution >= 0.6 is 15.9 Å². The lowest BCUT2D eigenvalue weighted by atomic mass is 9.95. The third-order valence-electron chi connectivity index (χ3n) is 4.35. The summed E-state index contributed by atoms with van der Waals surface area (Å²) in [5.41, 5.74) is 3.32. The molecule has 2 amide bonds. The van der Waals surface area contributed by atoms with Crippen LogP contribution < -0.4 is 15.5 Å². The Kier molecular flexibility index (Phi) is 7.44. The van der Waals surface area contributed by atoms with Crippen LogP contribution in [0.25, 0.3) is 0 Å². The summed E-state index contributed by atoms with van der Waals surface area (Å²) >= 11 is 3.36. The van der Waals surface area contributed by atoms with E-state index in [0.717, 1.165) is 4.47 Å². The standard InChI is InChI=1S/C24H22BrN3O5/c1-24(2,3)23(31)27-18-9-6-15(7-10-18)21(29)28-26-14-16-13-17(25)8-11-19(16)33-22(30)20-5-4-12-32-20/h4-14H,1-3H3,(H,27,31)(H,28,29)/b26-14+. The number of carbonyl (C=O) groups is 3. The van der Waals surface area contributed by atoms with Crippen molar-refractivity contribution < 1.29 is 23.5 Å². The number of carbonyl (C=O) groups excluding carboxylic acids is 3. The van der Waals surface area contributed by atoms with E-state index in [2.05, 4.69) is 31.8 Å². The predicted octanol–water partition coefficient (Wildman–Crippen LogP) is 5.01. The number of hydrogen-bond acceptors (Lipinski definition) is 6. The van der Waals surface area contributed by atoms with Gasteiger partial charge in [0.15, 0.2) is 0 Å². The van der Waals surface area contributed by atoms with Gasteiger partial charge in [0.1, 0.15) is 5.75 Å². The highest BCUT2D eigenvalue weighted by Gasteiger charge is 2.21. The summed E-state index contributed by atoms with van der Waals surface area (Å²) in [5, 5.41) is 6.76. The Balaban J connectivity index is 1.65. The van der Waals surface area contributed by atoms with Crippen molar-refractivity contribution in [2.24, 2.45) is 10.5 Å². The van der Waals surface area contributed by atoms with Crippen LogP contribution in [0.2, 0.25) is 0 Å². The van der Waals surface area contributed by atoms with Gasteiger partial charge in [-0.05, 0) is 54.6 Å². The van der Waals surface area contributed by atoms with Crippen LogP contribution in [-0.4, -0.2) is 24.0 Å². The normalized spacial score (nSPS) is 11.3. The van der Waals surface area contributed by atoms with Crippen LogP contribution in [0.1, 0.15) is 47.2 Å². The van der Waals surface area contributed by atoms with Crippen molar-refractivity contribution in [3.05, 3.63) is 82.2 Å². The molecular weight excluding hydrogens is 490 g/mol. The summed E-state index contributed by atoms with van der Waals surface area (Å²) in [6.45, 7) is 5.45. The second kappa shape index (κ2) is 10.3. The van der Waals surface area contributed by atoms with Gasteiger partial charge in [-0.1, -0.05) is 36.7 Å². The number of benzene rings is 2. The first-order valence-corrected chi connectivity index (χ1v) is 10.7. The van der Waals surface area contributed by atoms with Gasteiger partial charge in [-0.3, -0.25) is 9.59 Å². The Morgan fingerprint density at radius 2 is 1.79 bits per heavy atom. The molecule has 0 bridgehead atoms. The predicted molar refractivity (Wildman–Crippen MR) is 127 cm³/mol. The van der Waals surface area contributed by atoms with E-state index in [4.69, 9.17) is 9.15 Å². The molecule has 2 N–H and O–H groups in total. The van der Waals surface area contributed by atoms with E-state index < -0.39 is 17.3 Å². The van der Waals surface area contributed by atoms with Crippen molar-refractivity contribution in [1.82, 2.24) is 5.43 Å². The number of esters is 1. The van der Waals surface area contributed by atoms with E-state index in [1.165, 1.54) is 18.5 Å². The zero-order valence-corrected chi connectivity index (χ0v) is 19.8. The SMILES string of the molecule is CC(C)(C)C(=O)Nc1ccc(C(=O)N/N=C/c2cc(Br)ccc2OC(=O)c2ccco2)cc1. The molecule has 1 aromatic heterocycles. The number of anilines is 1. The van der Waals surface area contributed by atoms with E-state index in [9.17, 15) is 14.4 Å². The van der Waals surface area contributed by atoms with Crippen molar-refractivity contribution in [3.63, 3.8) is 0 Å². The monoisotopic (exact) mass is 511 g/mol. The quantitative estimate of drug-likeness (QED) is 0.209. The molecule has 0 aliphatic rings. The molecule has 9 heteroatoms. The smallest absolute Gasteiger partial charge is 0.379 e. The van der Waals surface area contributed by atoms with Gasteiger partial charge in [-0.2, -0.15) is 5.10 Å². The molecule has 2 aromatic carbocycles. The number of nitrogens with one attached hydrogen (secondary N) is 2. The number of ether oxygens (including phenoxy) is 1. The van der Waals surface area contributed by atoms with Crippen molar-refractivity contribution in [1.29, 1.82) is 0 Å². The molecule has 33 heavy (non-hydrogen) atoms. The van der Waals surface area contributed by atoms with Crippen LogP contribution in [0.3, 0.4) is 0 Å². The van der Waals surface area contributed by atoms with Crippen LogP contribution in [0, 0.1) is 5.41 Å². The first kappa shape index (κ1) is 23.9. The number of rotatable bonds is 6. The lowest BCUT2D eigenvalue weighted by molar-refractivity contribution is -0.123. The Morgan fingerprint density at radius 1 is 1.06 bits per heavy atom. The average Bonchev–Trinajstić information content (AvgIpc) is 3.30. The average molecular weight is 512 g/mol. The van der Waals surface area contributed by atoms with E-state index in [0.29, 0.717) is 16.8 Å². The second-order valence-corrected chi connectivity index (χ2v) is 8.95. The minimum Gasteiger partial charge on any atom is -0.457 e. The molecule has 0 radical (unpaired) electrons. The van der Waals surface area contributed by atoms with E-state index in [1.807, 2.05) is 20.8 Å². The Bertz CT molecular complexity index is 1180. The van der Waals surface area contributed by atoms with Gasteiger partial charge in [0.05, 0.1) is 12.5 Å². The maximum atomic E-state index is 12.4. The van der Waals surface area contributed by atoms with Crippen molar-refractivity contribution in [2.75, 3.05) is 5.32 Å². The van der Waals surface area contributed by atoms with Gasteiger partial charge in [-0.25, -0.2) is 10.2 Å². The number of hydrazone groups is 1. The molecule has 3 aromatic rings. The molecule has 0 saturated heterocycles. The van der Waals surface area contributed by atoms with Gasteiger partial charge < -0.3 is 14.5 Å². The fraction of sp³-hybridized carbons (Fsp3) is 0.167. The molecule has 0 unspecified atom stereocenters. The summed E-state index contributed by atoms with van der Waals surface area (Å²) in [7, 11) is 0. The molecular formula is C24H22BrN3O5. The molecule has 3 rings (SSSR count). The molecule has 0 aliphatic heterocycles. The topological polar surface area (TPSA) is 110 Å². The van der Waals surface area contributed by atoms with E-state index in [-0.39, 0.29) is 17.4 Å². The maximum Gasteiger partial charge on any atom is 0.379 e. The number of nitrogens with zero attached hydrogens (tertiary/aromatic N) is 1. The highest BCUT2D eigenvalue weighted by atomic mass is 79.9. The summed E-state index contributed by atoms with van der Waals surface area (Å²) in [4.78, 5) is 36.6. The largest absolute Gasteiger partial charge is 0.457 e. The summed E-state index contributed by atoms with van der Waals surface area (Å²) in [6.07, 6.45) is 2.74. The maximum absolute atomic E-state index is 12.4. The number of furan rings is 1.